The molecule has 31 heavy (non-hydrogen) atoms. The number of carbonyl (C=O) groups excluding carboxylic acids is 3. The summed E-state index contributed by atoms with van der Waals surface area (Å²) >= 11 is 0. The molecule has 0 aliphatic carbocycles. The molecule has 6 N–H and O–H groups in total. The molecule has 0 saturated carbocycles. The van der Waals surface area contributed by atoms with Gasteiger partial charge in [-0.25, -0.2) is 8.42 Å². The monoisotopic (exact) mass is 455 g/mol. The third-order valence-electron chi connectivity index (χ3n) is 5.32. The van der Waals surface area contributed by atoms with Crippen LogP contribution in [0.5, 0.6) is 0 Å². The molecule has 1 aromatic rings. The van der Waals surface area contributed by atoms with Gasteiger partial charge in [0.15, 0.2) is 15.6 Å². The van der Waals surface area contributed by atoms with Crippen LogP contribution in [0.25, 0.3) is 0 Å². The second-order valence-electron chi connectivity index (χ2n) is 7.68. The first-order chi connectivity index (χ1) is 14.6. The van der Waals surface area contributed by atoms with E-state index in [1.54, 1.807) is 12.1 Å². The predicted molar refractivity (Wildman–Crippen MR) is 107 cm³/mol. The lowest BCUT2D eigenvalue weighted by molar-refractivity contribution is -0.133. The molecule has 11 nitrogen and oxygen atoms in total. The van der Waals surface area contributed by atoms with Gasteiger partial charge in [0.1, 0.15) is 12.6 Å². The van der Waals surface area contributed by atoms with E-state index in [-0.39, 0.29) is 36.7 Å². The first-order valence-electron chi connectivity index (χ1n) is 9.63. The molecule has 1 aromatic carbocycles. The van der Waals surface area contributed by atoms with Crippen LogP contribution >= 0.6 is 0 Å². The lowest BCUT2D eigenvalue weighted by Crippen LogP contribution is -2.51. The van der Waals surface area contributed by atoms with Gasteiger partial charge in [-0.2, -0.15) is 0 Å². The second-order valence-corrected chi connectivity index (χ2v) is 9.79. The molecule has 170 valence electrons. The van der Waals surface area contributed by atoms with Crippen LogP contribution in [0.3, 0.4) is 0 Å². The average molecular weight is 455 g/mol. The number of rotatable bonds is 8. The summed E-state index contributed by atoms with van der Waals surface area (Å²) in [5.41, 5.74) is 11.3. The van der Waals surface area contributed by atoms with Crippen molar-refractivity contribution >= 4 is 27.4 Å². The summed E-state index contributed by atoms with van der Waals surface area (Å²) in [5, 5.41) is 12.8. The summed E-state index contributed by atoms with van der Waals surface area (Å²) in [6.07, 6.45) is -2.44. The number of carbonyl (C=O) groups is 3. The fraction of sp³-hybridized carbons (Fsp3) is 0.526. The van der Waals surface area contributed by atoms with Gasteiger partial charge in [-0.3, -0.25) is 14.4 Å². The highest BCUT2D eigenvalue weighted by atomic mass is 32.2. The molecule has 2 heterocycles. The maximum atomic E-state index is 12.9. The van der Waals surface area contributed by atoms with Crippen LogP contribution < -0.4 is 16.8 Å². The Kier molecular flexibility index (Phi) is 7.06. The molecule has 12 heteroatoms. The van der Waals surface area contributed by atoms with Crippen molar-refractivity contribution in [1.82, 2.24) is 5.32 Å². The number of sulfone groups is 1. The fourth-order valence-electron chi connectivity index (χ4n) is 3.66. The van der Waals surface area contributed by atoms with E-state index in [4.69, 9.17) is 20.9 Å². The molecule has 3 rings (SSSR count). The van der Waals surface area contributed by atoms with Gasteiger partial charge in [-0.05, 0) is 11.6 Å². The molecule has 2 fully saturated rings. The average Bonchev–Trinajstić information content (AvgIpc) is 3.25. The number of nitrogens with one attached hydrogen (secondary N) is 1. The molecule has 5 unspecified atom stereocenters. The SMILES string of the molecule is NC(=O)c1ccccc1CS(=O)(=O)CC(C(=O)NC1COCC1=O)C1OCC(N)C1O. The summed E-state index contributed by atoms with van der Waals surface area (Å²) in [7, 11) is -3.98. The molecule has 2 aliphatic rings. The van der Waals surface area contributed by atoms with E-state index in [0.29, 0.717) is 0 Å². The Hall–Kier alpha value is -2.38. The van der Waals surface area contributed by atoms with Crippen molar-refractivity contribution in [2.75, 3.05) is 25.6 Å². The Balaban J connectivity index is 1.82. The topological polar surface area (TPSA) is 188 Å². The molecule has 2 amide bonds. The third kappa shape index (κ3) is 5.46. The number of hydrogen-bond donors (Lipinski definition) is 4. The minimum absolute atomic E-state index is 0.0242. The zero-order valence-corrected chi connectivity index (χ0v) is 17.4. The van der Waals surface area contributed by atoms with Crippen LogP contribution in [-0.2, 0) is 34.7 Å². The third-order valence-corrected chi connectivity index (χ3v) is 6.93. The number of amides is 2. The maximum Gasteiger partial charge on any atom is 0.249 e. The first-order valence-corrected chi connectivity index (χ1v) is 11.5. The van der Waals surface area contributed by atoms with Gasteiger partial charge in [-0.1, -0.05) is 18.2 Å². The molecule has 0 radical (unpaired) electrons. The minimum atomic E-state index is -3.98. The zero-order chi connectivity index (χ0) is 22.8. The van der Waals surface area contributed by atoms with E-state index >= 15 is 0 Å². The molecule has 0 spiro atoms. The maximum absolute atomic E-state index is 12.9. The number of aliphatic hydroxyl groups is 1. The van der Waals surface area contributed by atoms with E-state index in [9.17, 15) is 27.9 Å². The largest absolute Gasteiger partial charge is 0.389 e. The standard InChI is InChI=1S/C19H25N3O8S/c20-13-5-30-17(16(13)24)12(19(26)22-14-6-29-7-15(14)23)9-31(27,28)8-10-3-1-2-4-11(10)18(21)25/h1-4,12-14,16-17,24H,5-9,20H2,(H2,21,25)(H,22,26). The Labute approximate surface area is 179 Å². The molecular formula is C19H25N3O8S. The van der Waals surface area contributed by atoms with E-state index in [2.05, 4.69) is 5.32 Å². The van der Waals surface area contributed by atoms with Gasteiger partial charge in [0, 0.05) is 5.56 Å². The van der Waals surface area contributed by atoms with Crippen molar-refractivity contribution in [2.24, 2.45) is 17.4 Å². The summed E-state index contributed by atoms with van der Waals surface area (Å²) in [6, 6.07) is 4.30. The molecule has 0 aromatic heterocycles. The van der Waals surface area contributed by atoms with Crippen LogP contribution in [0.4, 0.5) is 0 Å². The highest BCUT2D eigenvalue weighted by Crippen LogP contribution is 2.25. The Morgan fingerprint density at radius 2 is 1.97 bits per heavy atom. The zero-order valence-electron chi connectivity index (χ0n) is 16.6. The number of ketones is 1. The van der Waals surface area contributed by atoms with Crippen molar-refractivity contribution in [3.8, 4) is 0 Å². The lowest BCUT2D eigenvalue weighted by Gasteiger charge is -2.26. The minimum Gasteiger partial charge on any atom is -0.389 e. The summed E-state index contributed by atoms with van der Waals surface area (Å²) in [4.78, 5) is 36.3. The molecule has 2 saturated heterocycles. The van der Waals surface area contributed by atoms with Crippen LogP contribution in [0.15, 0.2) is 24.3 Å². The van der Waals surface area contributed by atoms with E-state index in [1.807, 2.05) is 0 Å². The molecule has 5 atom stereocenters. The van der Waals surface area contributed by atoms with E-state index in [0.717, 1.165) is 0 Å². The lowest BCUT2D eigenvalue weighted by atomic mass is 9.96. The van der Waals surface area contributed by atoms with Gasteiger partial charge >= 0.3 is 0 Å². The summed E-state index contributed by atoms with van der Waals surface area (Å²) < 4.78 is 36.3. The highest BCUT2D eigenvalue weighted by molar-refractivity contribution is 7.90. The summed E-state index contributed by atoms with van der Waals surface area (Å²) in [5.74, 6) is -4.45. The quantitative estimate of drug-likeness (QED) is 0.328. The van der Waals surface area contributed by atoms with Gasteiger partial charge in [0.05, 0.1) is 48.9 Å². The number of benzene rings is 1. The van der Waals surface area contributed by atoms with Gasteiger partial charge in [0.25, 0.3) is 0 Å². The molecule has 2 aliphatic heterocycles. The van der Waals surface area contributed by atoms with E-state index < -0.39 is 63.4 Å². The number of Topliss-reactive ketones (excluding diaryl/α,β-unsaturated/α-hetero) is 1. The number of nitrogens with two attached hydrogens (primary N) is 2. The molecule has 0 bridgehead atoms. The van der Waals surface area contributed by atoms with Crippen LogP contribution in [-0.4, -0.2) is 81.0 Å². The van der Waals surface area contributed by atoms with Crippen molar-refractivity contribution in [1.29, 1.82) is 0 Å². The Bertz CT molecular complexity index is 967. The van der Waals surface area contributed by atoms with Crippen molar-refractivity contribution < 1.29 is 37.4 Å². The highest BCUT2D eigenvalue weighted by Gasteiger charge is 2.45. The number of hydrogen-bond acceptors (Lipinski definition) is 9. The van der Waals surface area contributed by atoms with Gasteiger partial charge in [-0.15, -0.1) is 0 Å². The van der Waals surface area contributed by atoms with Crippen molar-refractivity contribution in [2.45, 2.75) is 30.0 Å². The van der Waals surface area contributed by atoms with E-state index in [1.165, 1.54) is 12.1 Å². The Morgan fingerprint density at radius 3 is 2.55 bits per heavy atom. The predicted octanol–water partition coefficient (Wildman–Crippen LogP) is -2.51. The van der Waals surface area contributed by atoms with Crippen LogP contribution in [0.1, 0.15) is 15.9 Å². The normalized spacial score (nSPS) is 27.2. The van der Waals surface area contributed by atoms with Crippen LogP contribution in [0, 0.1) is 5.92 Å². The first kappa shape index (κ1) is 23.3. The molecular weight excluding hydrogens is 430 g/mol. The summed E-state index contributed by atoms with van der Waals surface area (Å²) in [6.45, 7) is -0.222. The number of ether oxygens (including phenoxy) is 2. The number of aliphatic hydroxyl groups excluding tert-OH is 1. The van der Waals surface area contributed by atoms with Gasteiger partial charge in [0.2, 0.25) is 11.8 Å². The fourth-order valence-corrected chi connectivity index (χ4v) is 5.40. The van der Waals surface area contributed by atoms with Crippen molar-refractivity contribution in [3.63, 3.8) is 0 Å². The second kappa shape index (κ2) is 9.40. The van der Waals surface area contributed by atoms with Gasteiger partial charge < -0.3 is 31.4 Å². The van der Waals surface area contributed by atoms with Crippen molar-refractivity contribution in [3.05, 3.63) is 35.4 Å². The number of primary amides is 1. The Morgan fingerprint density at radius 1 is 1.26 bits per heavy atom. The smallest absolute Gasteiger partial charge is 0.249 e. The van der Waals surface area contributed by atoms with Crippen LogP contribution in [0.2, 0.25) is 0 Å².